The second-order valence-corrected chi connectivity index (χ2v) is 8.36. The van der Waals surface area contributed by atoms with Crippen LogP contribution in [-0.4, -0.2) is 56.8 Å². The smallest absolute Gasteiger partial charge is 0.243 e. The van der Waals surface area contributed by atoms with Crippen LogP contribution in [0.4, 0.5) is 0 Å². The van der Waals surface area contributed by atoms with Gasteiger partial charge in [0.1, 0.15) is 6.04 Å². The number of hydrogen-bond acceptors (Lipinski definition) is 5. The lowest BCUT2D eigenvalue weighted by molar-refractivity contribution is -0.140. The van der Waals surface area contributed by atoms with Crippen molar-refractivity contribution in [1.29, 1.82) is 0 Å². The van der Waals surface area contributed by atoms with Gasteiger partial charge in [0.15, 0.2) is 0 Å². The molecular weight excluding hydrogens is 394 g/mol. The zero-order chi connectivity index (χ0) is 22.5. The maximum absolute atomic E-state index is 13.0. The zero-order valence-corrected chi connectivity index (χ0v) is 18.5. The standard InChI is InChI=1S/C23H33N5O3/c1-4-28-19(11-12-25-28)17-9-7-16(8-10-17)18(14-29)26-22(30)20-6-5-13-27(20)23(31)21(24)15(2)3/h7-12,15,18,20-21,29H,4-6,13-14,24H2,1-3H3,(H,26,30)/t18-,20-,21-/m0/s1. The minimum atomic E-state index is -0.619. The average molecular weight is 428 g/mol. The number of nitrogens with two attached hydrogens (primary N) is 1. The van der Waals surface area contributed by atoms with Gasteiger partial charge in [0.05, 0.1) is 24.4 Å². The molecule has 1 saturated heterocycles. The second-order valence-electron chi connectivity index (χ2n) is 8.36. The number of aliphatic hydroxyl groups excluding tert-OH is 1. The van der Waals surface area contributed by atoms with Crippen molar-refractivity contribution in [2.24, 2.45) is 11.7 Å². The molecule has 0 spiro atoms. The quantitative estimate of drug-likeness (QED) is 0.593. The van der Waals surface area contributed by atoms with Crippen LogP contribution in [0.1, 0.15) is 45.2 Å². The topological polar surface area (TPSA) is 113 Å². The van der Waals surface area contributed by atoms with Crippen LogP contribution in [0.15, 0.2) is 36.5 Å². The predicted molar refractivity (Wildman–Crippen MR) is 119 cm³/mol. The number of aliphatic hydroxyl groups is 1. The summed E-state index contributed by atoms with van der Waals surface area (Å²) in [4.78, 5) is 27.2. The number of hydrogen-bond donors (Lipinski definition) is 3. The van der Waals surface area contributed by atoms with E-state index in [1.165, 1.54) is 0 Å². The van der Waals surface area contributed by atoms with Crippen LogP contribution in [0, 0.1) is 5.92 Å². The van der Waals surface area contributed by atoms with E-state index in [1.807, 2.05) is 55.8 Å². The first kappa shape index (κ1) is 23.0. The van der Waals surface area contributed by atoms with E-state index in [0.29, 0.717) is 13.0 Å². The number of carbonyl (C=O) groups excluding carboxylic acids is 2. The lowest BCUT2D eigenvalue weighted by atomic mass is 10.0. The maximum atomic E-state index is 13.0. The molecule has 4 N–H and O–H groups in total. The van der Waals surface area contributed by atoms with E-state index in [0.717, 1.165) is 29.8 Å². The van der Waals surface area contributed by atoms with E-state index in [9.17, 15) is 14.7 Å². The molecule has 0 radical (unpaired) electrons. The summed E-state index contributed by atoms with van der Waals surface area (Å²) in [5, 5.41) is 17.1. The molecule has 1 fully saturated rings. The summed E-state index contributed by atoms with van der Waals surface area (Å²) in [7, 11) is 0. The molecule has 0 saturated carbocycles. The van der Waals surface area contributed by atoms with E-state index in [4.69, 9.17) is 5.73 Å². The van der Waals surface area contributed by atoms with Gasteiger partial charge in [-0.1, -0.05) is 38.1 Å². The largest absolute Gasteiger partial charge is 0.394 e. The molecule has 1 aliphatic rings. The Hall–Kier alpha value is -2.71. The Morgan fingerprint density at radius 2 is 1.97 bits per heavy atom. The van der Waals surface area contributed by atoms with E-state index < -0.39 is 18.1 Å². The molecule has 168 valence electrons. The highest BCUT2D eigenvalue weighted by atomic mass is 16.3. The summed E-state index contributed by atoms with van der Waals surface area (Å²) in [6, 6.07) is 7.95. The van der Waals surface area contributed by atoms with Crippen LogP contribution in [0.25, 0.3) is 11.3 Å². The number of carbonyl (C=O) groups is 2. The Kier molecular flexibility index (Phi) is 7.46. The van der Waals surface area contributed by atoms with Crippen molar-refractivity contribution in [3.8, 4) is 11.3 Å². The lowest BCUT2D eigenvalue weighted by Crippen LogP contribution is -2.53. The molecule has 3 rings (SSSR count). The number of aryl methyl sites for hydroxylation is 1. The minimum Gasteiger partial charge on any atom is -0.394 e. The van der Waals surface area contributed by atoms with Gasteiger partial charge in [0, 0.05) is 19.3 Å². The summed E-state index contributed by atoms with van der Waals surface area (Å²) in [6.07, 6.45) is 3.13. The Morgan fingerprint density at radius 3 is 2.58 bits per heavy atom. The second kappa shape index (κ2) is 10.1. The minimum absolute atomic E-state index is 0.00420. The molecule has 1 aliphatic heterocycles. The first-order chi connectivity index (χ1) is 14.9. The summed E-state index contributed by atoms with van der Waals surface area (Å²) in [6.45, 7) is 6.90. The number of nitrogens with one attached hydrogen (secondary N) is 1. The van der Waals surface area contributed by atoms with Crippen molar-refractivity contribution < 1.29 is 14.7 Å². The molecule has 2 aromatic rings. The summed E-state index contributed by atoms with van der Waals surface area (Å²) in [5.74, 6) is -0.441. The van der Waals surface area contributed by atoms with Crippen molar-refractivity contribution in [2.45, 2.75) is 58.3 Å². The molecule has 1 aromatic heterocycles. The molecule has 0 bridgehead atoms. The molecule has 31 heavy (non-hydrogen) atoms. The Balaban J connectivity index is 1.70. The predicted octanol–water partition coefficient (Wildman–Crippen LogP) is 1.69. The van der Waals surface area contributed by atoms with Gasteiger partial charge in [-0.3, -0.25) is 14.3 Å². The fourth-order valence-electron chi connectivity index (χ4n) is 4.00. The summed E-state index contributed by atoms with van der Waals surface area (Å²) in [5.41, 5.74) is 8.86. The number of benzene rings is 1. The van der Waals surface area contributed by atoms with Crippen LogP contribution >= 0.6 is 0 Å². The van der Waals surface area contributed by atoms with Gasteiger partial charge in [0.2, 0.25) is 11.8 Å². The third-order valence-electron chi connectivity index (χ3n) is 5.97. The molecule has 1 aromatic carbocycles. The van der Waals surface area contributed by atoms with Crippen LogP contribution in [-0.2, 0) is 16.1 Å². The number of amides is 2. The van der Waals surface area contributed by atoms with Gasteiger partial charge in [-0.05, 0) is 42.9 Å². The summed E-state index contributed by atoms with van der Waals surface area (Å²) >= 11 is 0. The molecule has 2 heterocycles. The van der Waals surface area contributed by atoms with Crippen molar-refractivity contribution in [3.63, 3.8) is 0 Å². The van der Waals surface area contributed by atoms with Gasteiger partial charge in [0.25, 0.3) is 0 Å². The first-order valence-corrected chi connectivity index (χ1v) is 11.0. The average Bonchev–Trinajstić information content (AvgIpc) is 3.46. The Morgan fingerprint density at radius 1 is 1.26 bits per heavy atom. The van der Waals surface area contributed by atoms with E-state index >= 15 is 0 Å². The third kappa shape index (κ3) is 4.97. The number of nitrogens with zero attached hydrogens (tertiary/aromatic N) is 3. The van der Waals surface area contributed by atoms with Gasteiger partial charge in [-0.2, -0.15) is 5.10 Å². The fourth-order valence-corrected chi connectivity index (χ4v) is 4.00. The fraction of sp³-hybridized carbons (Fsp3) is 0.522. The Bertz CT molecular complexity index is 893. The highest BCUT2D eigenvalue weighted by Crippen LogP contribution is 2.24. The van der Waals surface area contributed by atoms with Gasteiger partial charge in [-0.25, -0.2) is 0 Å². The number of aromatic nitrogens is 2. The van der Waals surface area contributed by atoms with Crippen molar-refractivity contribution in [1.82, 2.24) is 20.0 Å². The van der Waals surface area contributed by atoms with Crippen molar-refractivity contribution >= 4 is 11.8 Å². The SMILES string of the molecule is CCn1nccc1-c1ccc([C@H](CO)NC(=O)[C@@H]2CCCN2C(=O)[C@@H](N)C(C)C)cc1. The zero-order valence-electron chi connectivity index (χ0n) is 18.5. The van der Waals surface area contributed by atoms with Crippen molar-refractivity contribution in [2.75, 3.05) is 13.2 Å². The molecule has 2 amide bonds. The van der Waals surface area contributed by atoms with Gasteiger partial charge >= 0.3 is 0 Å². The van der Waals surface area contributed by atoms with Crippen LogP contribution in [0.5, 0.6) is 0 Å². The van der Waals surface area contributed by atoms with Gasteiger partial charge < -0.3 is 21.1 Å². The van der Waals surface area contributed by atoms with Crippen LogP contribution in [0.2, 0.25) is 0 Å². The summed E-state index contributed by atoms with van der Waals surface area (Å²) < 4.78 is 1.91. The molecule has 0 unspecified atom stereocenters. The van der Waals surface area contributed by atoms with E-state index in [1.54, 1.807) is 11.1 Å². The monoisotopic (exact) mass is 427 g/mol. The van der Waals surface area contributed by atoms with E-state index in [2.05, 4.69) is 10.4 Å². The first-order valence-electron chi connectivity index (χ1n) is 11.0. The molecule has 8 nitrogen and oxygen atoms in total. The van der Waals surface area contributed by atoms with Crippen LogP contribution < -0.4 is 11.1 Å². The molecule has 0 aliphatic carbocycles. The van der Waals surface area contributed by atoms with E-state index in [-0.39, 0.29) is 24.3 Å². The Labute approximate surface area is 183 Å². The van der Waals surface area contributed by atoms with Crippen LogP contribution in [0.3, 0.4) is 0 Å². The normalized spacial score (nSPS) is 18.3. The number of rotatable bonds is 8. The molecule has 8 heteroatoms. The maximum Gasteiger partial charge on any atom is 0.243 e. The number of likely N-dealkylation sites (tertiary alicyclic amines) is 1. The molecular formula is C23H33N5O3. The lowest BCUT2D eigenvalue weighted by Gasteiger charge is -2.29. The highest BCUT2D eigenvalue weighted by molar-refractivity contribution is 5.90. The van der Waals surface area contributed by atoms with Gasteiger partial charge in [-0.15, -0.1) is 0 Å². The highest BCUT2D eigenvalue weighted by Gasteiger charge is 2.37. The third-order valence-corrected chi connectivity index (χ3v) is 5.97. The van der Waals surface area contributed by atoms with Crippen molar-refractivity contribution in [3.05, 3.63) is 42.1 Å². The molecule has 3 atom stereocenters.